The molecule has 1 fully saturated rings. The van der Waals surface area contributed by atoms with Gasteiger partial charge in [0.25, 0.3) is 0 Å². The van der Waals surface area contributed by atoms with Gasteiger partial charge in [0.2, 0.25) is 15.9 Å². The van der Waals surface area contributed by atoms with Crippen molar-refractivity contribution in [3.8, 4) is 0 Å². The molecule has 2 rings (SSSR count). The minimum absolute atomic E-state index is 0.101. The summed E-state index contributed by atoms with van der Waals surface area (Å²) < 4.78 is 26.8. The van der Waals surface area contributed by atoms with Gasteiger partial charge in [-0.1, -0.05) is 43.1 Å². The second kappa shape index (κ2) is 8.83. The van der Waals surface area contributed by atoms with Gasteiger partial charge < -0.3 is 4.90 Å². The van der Waals surface area contributed by atoms with Crippen LogP contribution in [-0.2, 0) is 20.6 Å². The Morgan fingerprint density at radius 2 is 1.92 bits per heavy atom. The van der Waals surface area contributed by atoms with Gasteiger partial charge in [-0.25, -0.2) is 8.42 Å². The van der Waals surface area contributed by atoms with Crippen LogP contribution in [0.2, 0.25) is 5.02 Å². The van der Waals surface area contributed by atoms with Crippen LogP contribution in [0.15, 0.2) is 24.3 Å². The number of unbranched alkanes of at least 4 members (excludes halogenated alkanes) is 1. The Labute approximate surface area is 149 Å². The van der Waals surface area contributed by atoms with Gasteiger partial charge in [0.1, 0.15) is 0 Å². The van der Waals surface area contributed by atoms with Gasteiger partial charge in [0.05, 0.1) is 5.75 Å². The molecule has 0 radical (unpaired) electrons. The standard InChI is InChI=1S/C17H25ClN2O3S/c1-2-3-9-17(21)19-10-6-11-20(13-12-19)24(22,23)14-15-7-4-5-8-16(15)18/h4-5,7-8H,2-3,6,9-14H2,1H3. The quantitative estimate of drug-likeness (QED) is 0.771. The zero-order valence-electron chi connectivity index (χ0n) is 14.1. The van der Waals surface area contributed by atoms with E-state index in [1.54, 1.807) is 29.2 Å². The van der Waals surface area contributed by atoms with Crippen LogP contribution in [0.3, 0.4) is 0 Å². The summed E-state index contributed by atoms with van der Waals surface area (Å²) in [4.78, 5) is 13.9. The number of hydrogen-bond acceptors (Lipinski definition) is 3. The number of amides is 1. The van der Waals surface area contributed by atoms with E-state index in [-0.39, 0.29) is 11.7 Å². The van der Waals surface area contributed by atoms with Gasteiger partial charge >= 0.3 is 0 Å². The van der Waals surface area contributed by atoms with Crippen molar-refractivity contribution < 1.29 is 13.2 Å². The lowest BCUT2D eigenvalue weighted by Crippen LogP contribution is -2.37. The van der Waals surface area contributed by atoms with E-state index in [0.29, 0.717) is 49.6 Å². The number of halogens is 1. The van der Waals surface area contributed by atoms with Crippen molar-refractivity contribution in [3.05, 3.63) is 34.9 Å². The molecular weight excluding hydrogens is 348 g/mol. The Bertz CT molecular complexity index is 664. The maximum atomic E-state index is 12.7. The van der Waals surface area contributed by atoms with E-state index in [0.717, 1.165) is 12.8 Å². The number of nitrogens with zero attached hydrogens (tertiary/aromatic N) is 2. The fourth-order valence-corrected chi connectivity index (χ4v) is 4.69. The molecule has 1 amide bonds. The molecule has 0 unspecified atom stereocenters. The van der Waals surface area contributed by atoms with Crippen molar-refractivity contribution in [1.82, 2.24) is 9.21 Å². The molecule has 134 valence electrons. The monoisotopic (exact) mass is 372 g/mol. The highest BCUT2D eigenvalue weighted by molar-refractivity contribution is 7.88. The van der Waals surface area contributed by atoms with E-state index < -0.39 is 10.0 Å². The molecule has 5 nitrogen and oxygen atoms in total. The van der Waals surface area contributed by atoms with E-state index in [1.165, 1.54) is 4.31 Å². The second-order valence-corrected chi connectivity index (χ2v) is 8.46. The summed E-state index contributed by atoms with van der Waals surface area (Å²) in [7, 11) is -3.44. The largest absolute Gasteiger partial charge is 0.341 e. The summed E-state index contributed by atoms with van der Waals surface area (Å²) in [5, 5.41) is 0.465. The molecule has 0 N–H and O–H groups in total. The predicted octanol–water partition coefficient (Wildman–Crippen LogP) is 2.89. The summed E-state index contributed by atoms with van der Waals surface area (Å²) in [6, 6.07) is 7.00. The molecule has 0 bridgehead atoms. The number of hydrogen-bond donors (Lipinski definition) is 0. The molecule has 24 heavy (non-hydrogen) atoms. The molecular formula is C17H25ClN2O3S. The number of sulfonamides is 1. The van der Waals surface area contributed by atoms with Crippen LogP contribution in [0.5, 0.6) is 0 Å². The Hall–Kier alpha value is -1.11. The van der Waals surface area contributed by atoms with Gasteiger partial charge in [-0.2, -0.15) is 4.31 Å². The fourth-order valence-electron chi connectivity index (χ4n) is 2.81. The maximum Gasteiger partial charge on any atom is 0.222 e. The van der Waals surface area contributed by atoms with E-state index in [4.69, 9.17) is 11.6 Å². The Kier molecular flexibility index (Phi) is 7.07. The molecule has 1 saturated heterocycles. The third-order valence-corrected chi connectivity index (χ3v) is 6.44. The average Bonchev–Trinajstić information content (AvgIpc) is 2.81. The molecule has 1 heterocycles. The Morgan fingerprint density at radius 1 is 1.17 bits per heavy atom. The van der Waals surface area contributed by atoms with Gasteiger partial charge in [-0.15, -0.1) is 0 Å². The first-order valence-corrected chi connectivity index (χ1v) is 10.4. The lowest BCUT2D eigenvalue weighted by molar-refractivity contribution is -0.131. The zero-order chi connectivity index (χ0) is 17.6. The van der Waals surface area contributed by atoms with Gasteiger partial charge in [-0.3, -0.25) is 4.79 Å². The minimum Gasteiger partial charge on any atom is -0.341 e. The first-order valence-electron chi connectivity index (χ1n) is 8.43. The molecule has 0 saturated carbocycles. The van der Waals surface area contributed by atoms with Crippen LogP contribution < -0.4 is 0 Å². The van der Waals surface area contributed by atoms with E-state index in [9.17, 15) is 13.2 Å². The highest BCUT2D eigenvalue weighted by Gasteiger charge is 2.27. The zero-order valence-corrected chi connectivity index (χ0v) is 15.7. The van der Waals surface area contributed by atoms with Crippen LogP contribution in [-0.4, -0.2) is 49.7 Å². The molecule has 0 spiro atoms. The summed E-state index contributed by atoms with van der Waals surface area (Å²) in [5.74, 6) is 0.0263. The van der Waals surface area contributed by atoms with E-state index in [1.807, 2.05) is 0 Å². The van der Waals surface area contributed by atoms with E-state index >= 15 is 0 Å². The number of benzene rings is 1. The molecule has 7 heteroatoms. The summed E-state index contributed by atoms with van der Waals surface area (Å²) in [6.07, 6.45) is 3.07. The molecule has 0 aliphatic carbocycles. The molecule has 1 aromatic rings. The minimum atomic E-state index is -3.44. The summed E-state index contributed by atoms with van der Waals surface area (Å²) in [5.41, 5.74) is 0.610. The normalized spacial score (nSPS) is 16.8. The molecule has 0 aromatic heterocycles. The molecule has 1 aliphatic rings. The van der Waals surface area contributed by atoms with Crippen molar-refractivity contribution in [1.29, 1.82) is 0 Å². The Morgan fingerprint density at radius 3 is 2.62 bits per heavy atom. The third kappa shape index (κ3) is 5.19. The van der Waals surface area contributed by atoms with Crippen LogP contribution in [0.25, 0.3) is 0 Å². The van der Waals surface area contributed by atoms with Crippen LogP contribution in [0.4, 0.5) is 0 Å². The van der Waals surface area contributed by atoms with Crippen LogP contribution in [0.1, 0.15) is 38.2 Å². The predicted molar refractivity (Wildman–Crippen MR) is 96.4 cm³/mol. The van der Waals surface area contributed by atoms with Crippen molar-refractivity contribution in [2.45, 2.75) is 38.4 Å². The highest BCUT2D eigenvalue weighted by atomic mass is 35.5. The number of carbonyl (C=O) groups excluding carboxylic acids is 1. The third-order valence-electron chi connectivity index (χ3n) is 4.24. The van der Waals surface area contributed by atoms with Gasteiger partial charge in [0.15, 0.2) is 0 Å². The average molecular weight is 373 g/mol. The van der Waals surface area contributed by atoms with Crippen LogP contribution in [0, 0.1) is 0 Å². The van der Waals surface area contributed by atoms with Crippen molar-refractivity contribution in [3.63, 3.8) is 0 Å². The van der Waals surface area contributed by atoms with Crippen molar-refractivity contribution in [2.75, 3.05) is 26.2 Å². The fraction of sp³-hybridized carbons (Fsp3) is 0.588. The molecule has 1 aliphatic heterocycles. The molecule has 1 aromatic carbocycles. The van der Waals surface area contributed by atoms with Crippen molar-refractivity contribution in [2.24, 2.45) is 0 Å². The van der Waals surface area contributed by atoms with Gasteiger partial charge in [-0.05, 0) is 24.5 Å². The first kappa shape index (κ1) is 19.2. The lowest BCUT2D eigenvalue weighted by Gasteiger charge is -2.22. The topological polar surface area (TPSA) is 57.7 Å². The maximum absolute atomic E-state index is 12.7. The SMILES string of the molecule is CCCCC(=O)N1CCCN(S(=O)(=O)Cc2ccccc2Cl)CC1. The highest BCUT2D eigenvalue weighted by Crippen LogP contribution is 2.20. The number of rotatable bonds is 6. The lowest BCUT2D eigenvalue weighted by atomic mass is 10.2. The van der Waals surface area contributed by atoms with Gasteiger partial charge in [0, 0.05) is 37.6 Å². The summed E-state index contributed by atoms with van der Waals surface area (Å²) >= 11 is 6.08. The first-order chi connectivity index (χ1) is 11.4. The second-order valence-electron chi connectivity index (χ2n) is 6.08. The number of carbonyl (C=O) groups is 1. The van der Waals surface area contributed by atoms with E-state index in [2.05, 4.69) is 6.92 Å². The molecule has 0 atom stereocenters. The Balaban J connectivity index is 1.99. The summed E-state index contributed by atoms with van der Waals surface area (Å²) in [6.45, 7) is 3.94. The van der Waals surface area contributed by atoms with Crippen molar-refractivity contribution >= 4 is 27.5 Å². The smallest absolute Gasteiger partial charge is 0.222 e. The van der Waals surface area contributed by atoms with Crippen LogP contribution >= 0.6 is 11.6 Å².